The molecule has 0 saturated heterocycles. The highest BCUT2D eigenvalue weighted by molar-refractivity contribution is 5.14. The van der Waals surface area contributed by atoms with Crippen LogP contribution in [-0.4, -0.2) is 31.2 Å². The van der Waals surface area contributed by atoms with Gasteiger partial charge in [-0.25, -0.2) is 0 Å². The van der Waals surface area contributed by atoms with Crippen LogP contribution in [0.15, 0.2) is 30.3 Å². The summed E-state index contributed by atoms with van der Waals surface area (Å²) in [7, 11) is 2.57. The van der Waals surface area contributed by atoms with Gasteiger partial charge in [0, 0.05) is 6.42 Å². The Morgan fingerprint density at radius 2 is 0.587 bits per heavy atom. The largest absolute Gasteiger partial charge is 0.326 e. The molecule has 0 aliphatic rings. The predicted molar refractivity (Wildman–Crippen MR) is 210 cm³/mol. The minimum atomic E-state index is 1.23. The molecule has 1 aromatic rings. The summed E-state index contributed by atoms with van der Waals surface area (Å²) in [6.45, 7) is 8.69. The summed E-state index contributed by atoms with van der Waals surface area (Å²) >= 11 is 0. The van der Waals surface area contributed by atoms with Crippen molar-refractivity contribution < 1.29 is 4.48 Å². The SMILES string of the molecule is CCCCCCCCCCCCCCCCCC[N+](C)(CCCCCCCCCCCCCCCCCC)CCc1ccccc1. The number of rotatable bonds is 37. The predicted octanol–water partition coefficient (Wildman–Crippen LogP) is 15.2. The lowest BCUT2D eigenvalue weighted by atomic mass is 10.0. The van der Waals surface area contributed by atoms with Crippen LogP contribution in [0.25, 0.3) is 0 Å². The fraction of sp³-hybridized carbons (Fsp3) is 0.867. The van der Waals surface area contributed by atoms with E-state index in [1.54, 1.807) is 0 Å². The lowest BCUT2D eigenvalue weighted by molar-refractivity contribution is -0.909. The number of unbranched alkanes of at least 4 members (excludes halogenated alkanes) is 30. The maximum Gasteiger partial charge on any atom is 0.0825 e. The van der Waals surface area contributed by atoms with Gasteiger partial charge in [-0.1, -0.05) is 224 Å². The summed E-state index contributed by atoms with van der Waals surface area (Å²) in [6, 6.07) is 11.2. The minimum absolute atomic E-state index is 1.23. The Hall–Kier alpha value is -0.820. The molecule has 1 nitrogen and oxygen atoms in total. The van der Waals surface area contributed by atoms with E-state index in [1.807, 2.05) is 0 Å². The molecule has 0 radical (unpaired) electrons. The van der Waals surface area contributed by atoms with E-state index in [4.69, 9.17) is 0 Å². The summed E-state index contributed by atoms with van der Waals surface area (Å²) in [5, 5.41) is 0. The first-order chi connectivity index (χ1) is 22.7. The van der Waals surface area contributed by atoms with E-state index in [1.165, 1.54) is 242 Å². The van der Waals surface area contributed by atoms with Crippen LogP contribution >= 0.6 is 0 Å². The van der Waals surface area contributed by atoms with Gasteiger partial charge in [-0.3, -0.25) is 0 Å². The zero-order valence-electron chi connectivity index (χ0n) is 32.3. The summed E-state index contributed by atoms with van der Waals surface area (Å²) < 4.78 is 1.28. The van der Waals surface area contributed by atoms with Gasteiger partial charge in [0.05, 0.1) is 26.7 Å². The fourth-order valence-electron chi connectivity index (χ4n) is 7.46. The van der Waals surface area contributed by atoms with Crippen molar-refractivity contribution in [1.29, 1.82) is 0 Å². The highest BCUT2D eigenvalue weighted by atomic mass is 15.3. The first-order valence-corrected chi connectivity index (χ1v) is 21.6. The third-order valence-electron chi connectivity index (χ3n) is 10.9. The monoisotopic (exact) mass is 641 g/mol. The second-order valence-electron chi connectivity index (χ2n) is 15.6. The molecule has 0 fully saturated rings. The number of hydrogen-bond donors (Lipinski definition) is 0. The lowest BCUT2D eigenvalue weighted by Crippen LogP contribution is -2.47. The van der Waals surface area contributed by atoms with Gasteiger partial charge in [-0.2, -0.15) is 0 Å². The van der Waals surface area contributed by atoms with Crippen LogP contribution in [0.5, 0.6) is 0 Å². The summed E-state index contributed by atoms with van der Waals surface area (Å²) in [5.74, 6) is 0. The van der Waals surface area contributed by atoms with Crippen LogP contribution in [0, 0.1) is 0 Å². The quantitative estimate of drug-likeness (QED) is 0.0501. The average Bonchev–Trinajstić information content (AvgIpc) is 3.07. The summed E-state index contributed by atoms with van der Waals surface area (Å²) in [4.78, 5) is 0. The molecule has 0 aromatic heterocycles. The van der Waals surface area contributed by atoms with Gasteiger partial charge in [-0.15, -0.1) is 0 Å². The maximum absolute atomic E-state index is 2.57. The van der Waals surface area contributed by atoms with Crippen LogP contribution in [0.2, 0.25) is 0 Å². The van der Waals surface area contributed by atoms with Gasteiger partial charge >= 0.3 is 0 Å². The van der Waals surface area contributed by atoms with Crippen molar-refractivity contribution in [1.82, 2.24) is 0 Å². The molecule has 1 rings (SSSR count). The number of likely N-dealkylation sites (N-methyl/N-ethyl adjacent to an activating group) is 1. The van der Waals surface area contributed by atoms with Crippen LogP contribution in [-0.2, 0) is 6.42 Å². The number of benzene rings is 1. The Labute approximate surface area is 292 Å². The summed E-state index contributed by atoms with van der Waals surface area (Å²) in [5.41, 5.74) is 1.52. The molecule has 0 bridgehead atoms. The Morgan fingerprint density at radius 3 is 0.870 bits per heavy atom. The number of quaternary nitrogens is 1. The first kappa shape index (κ1) is 43.2. The molecule has 0 N–H and O–H groups in total. The van der Waals surface area contributed by atoms with Crippen molar-refractivity contribution in [2.75, 3.05) is 26.7 Å². The van der Waals surface area contributed by atoms with Crippen molar-refractivity contribution in [3.05, 3.63) is 35.9 Å². The van der Waals surface area contributed by atoms with E-state index in [-0.39, 0.29) is 0 Å². The Balaban J connectivity index is 2.08. The minimum Gasteiger partial charge on any atom is -0.326 e. The summed E-state index contributed by atoms with van der Waals surface area (Å²) in [6.07, 6.45) is 47.9. The first-order valence-electron chi connectivity index (χ1n) is 21.6. The third kappa shape index (κ3) is 29.3. The van der Waals surface area contributed by atoms with Crippen LogP contribution < -0.4 is 0 Å². The molecule has 0 amide bonds. The molecule has 270 valence electrons. The van der Waals surface area contributed by atoms with E-state index in [0.29, 0.717) is 0 Å². The van der Waals surface area contributed by atoms with E-state index in [0.717, 1.165) is 0 Å². The van der Waals surface area contributed by atoms with E-state index >= 15 is 0 Å². The van der Waals surface area contributed by atoms with Crippen molar-refractivity contribution in [2.45, 2.75) is 226 Å². The van der Waals surface area contributed by atoms with Crippen LogP contribution in [0.4, 0.5) is 0 Å². The molecule has 0 atom stereocenters. The topological polar surface area (TPSA) is 0 Å². The standard InChI is InChI=1S/C45H86N/c1-4-6-8-10-12-14-16-18-20-22-24-26-28-30-32-37-42-46(3,44-41-45-39-35-34-36-40-45)43-38-33-31-29-27-25-23-21-19-17-15-13-11-9-7-5-2/h34-36,39-40H,4-33,37-38,41-44H2,1-3H3/q+1. The van der Waals surface area contributed by atoms with Crippen molar-refractivity contribution in [2.24, 2.45) is 0 Å². The highest BCUT2D eigenvalue weighted by Crippen LogP contribution is 2.18. The number of nitrogens with zero attached hydrogens (tertiary/aromatic N) is 1. The second-order valence-corrected chi connectivity index (χ2v) is 15.6. The van der Waals surface area contributed by atoms with Gasteiger partial charge in [0.15, 0.2) is 0 Å². The Kier molecular flexibility index (Phi) is 32.0. The molecule has 0 aliphatic carbocycles. The Morgan fingerprint density at radius 1 is 0.326 bits per heavy atom. The zero-order valence-corrected chi connectivity index (χ0v) is 32.3. The van der Waals surface area contributed by atoms with E-state index in [2.05, 4.69) is 51.2 Å². The molecule has 0 spiro atoms. The van der Waals surface area contributed by atoms with Crippen LogP contribution in [0.3, 0.4) is 0 Å². The smallest absolute Gasteiger partial charge is 0.0825 e. The highest BCUT2D eigenvalue weighted by Gasteiger charge is 2.20. The molecule has 1 heteroatoms. The third-order valence-corrected chi connectivity index (χ3v) is 10.9. The van der Waals surface area contributed by atoms with Crippen molar-refractivity contribution in [3.8, 4) is 0 Å². The van der Waals surface area contributed by atoms with Crippen molar-refractivity contribution >= 4 is 0 Å². The lowest BCUT2D eigenvalue weighted by Gasteiger charge is -2.35. The Bertz CT molecular complexity index is 660. The van der Waals surface area contributed by atoms with Gasteiger partial charge in [0.25, 0.3) is 0 Å². The average molecular weight is 641 g/mol. The van der Waals surface area contributed by atoms with Gasteiger partial charge in [-0.05, 0) is 31.2 Å². The molecule has 0 saturated carbocycles. The molecule has 0 heterocycles. The molecular formula is C45H86N+. The molecule has 1 aromatic carbocycles. The molecule has 46 heavy (non-hydrogen) atoms. The zero-order chi connectivity index (χ0) is 33.1. The molecule has 0 aliphatic heterocycles. The fourth-order valence-corrected chi connectivity index (χ4v) is 7.46. The second kappa shape index (κ2) is 34.1. The van der Waals surface area contributed by atoms with Crippen molar-refractivity contribution in [3.63, 3.8) is 0 Å². The molecule has 0 unspecified atom stereocenters. The normalized spacial score (nSPS) is 11.9. The van der Waals surface area contributed by atoms with E-state index < -0.39 is 0 Å². The van der Waals surface area contributed by atoms with Gasteiger partial charge in [0.1, 0.15) is 0 Å². The number of hydrogen-bond acceptors (Lipinski definition) is 0. The molecular weight excluding hydrogens is 555 g/mol. The van der Waals surface area contributed by atoms with E-state index in [9.17, 15) is 0 Å². The van der Waals surface area contributed by atoms with Gasteiger partial charge in [0.2, 0.25) is 0 Å². The maximum atomic E-state index is 2.57. The van der Waals surface area contributed by atoms with Crippen LogP contribution in [0.1, 0.15) is 225 Å². The van der Waals surface area contributed by atoms with Gasteiger partial charge < -0.3 is 4.48 Å².